The van der Waals surface area contributed by atoms with Crippen molar-refractivity contribution in [3.05, 3.63) is 62.8 Å². The highest BCUT2D eigenvalue weighted by Crippen LogP contribution is 2.29. The molecule has 3 aromatic rings. The standard InChI is InChI=1S/C20H22ClN7O2/c1-28-7-3-4-12(19(28)29)10-23-17-14(21)11-24-20(27-17)26-16-8-13-9-22-6-5-15(13)25-18(16)30-2/h3-4,7-8,11,22H,5-6,9-10H2,1-2H3,(H2,23,24,26,27). The Labute approximate surface area is 178 Å². The van der Waals surface area contributed by atoms with Crippen molar-refractivity contribution in [2.45, 2.75) is 19.5 Å². The molecule has 10 heteroatoms. The SMILES string of the molecule is COc1nc2c(cc1Nc1ncc(Cl)c(NCc3cccn(C)c3=O)n1)CNCC2. The Morgan fingerprint density at radius 2 is 2.23 bits per heavy atom. The molecular weight excluding hydrogens is 406 g/mol. The summed E-state index contributed by atoms with van der Waals surface area (Å²) in [6.07, 6.45) is 4.07. The molecule has 0 atom stereocenters. The molecule has 1 aliphatic heterocycles. The van der Waals surface area contributed by atoms with E-state index in [1.807, 2.05) is 12.1 Å². The summed E-state index contributed by atoms with van der Waals surface area (Å²) < 4.78 is 6.96. The van der Waals surface area contributed by atoms with E-state index in [0.29, 0.717) is 40.5 Å². The number of fused-ring (bicyclic) bond motifs is 1. The van der Waals surface area contributed by atoms with Crippen LogP contribution in [-0.2, 0) is 26.6 Å². The quantitative estimate of drug-likeness (QED) is 0.550. The Balaban J connectivity index is 1.56. The number of hydrogen-bond donors (Lipinski definition) is 3. The second-order valence-electron chi connectivity index (χ2n) is 6.90. The largest absolute Gasteiger partial charge is 0.480 e. The lowest BCUT2D eigenvalue weighted by molar-refractivity contribution is 0.397. The average Bonchev–Trinajstić information content (AvgIpc) is 2.76. The van der Waals surface area contributed by atoms with Crippen LogP contribution in [0.15, 0.2) is 35.4 Å². The van der Waals surface area contributed by atoms with Crippen LogP contribution >= 0.6 is 11.6 Å². The predicted molar refractivity (Wildman–Crippen MR) is 116 cm³/mol. The number of rotatable bonds is 6. The molecule has 4 rings (SSSR count). The highest BCUT2D eigenvalue weighted by Gasteiger charge is 2.16. The Kier molecular flexibility index (Phi) is 5.82. The molecule has 0 bridgehead atoms. The molecule has 3 N–H and O–H groups in total. The van der Waals surface area contributed by atoms with Gasteiger partial charge < -0.3 is 25.3 Å². The van der Waals surface area contributed by atoms with Crippen LogP contribution in [-0.4, -0.2) is 33.2 Å². The van der Waals surface area contributed by atoms with Gasteiger partial charge in [-0.1, -0.05) is 17.7 Å². The van der Waals surface area contributed by atoms with Crippen LogP contribution in [0.3, 0.4) is 0 Å². The van der Waals surface area contributed by atoms with Gasteiger partial charge in [0, 0.05) is 44.9 Å². The van der Waals surface area contributed by atoms with E-state index in [1.165, 1.54) is 10.8 Å². The third-order valence-electron chi connectivity index (χ3n) is 4.84. The van der Waals surface area contributed by atoms with Crippen molar-refractivity contribution in [3.63, 3.8) is 0 Å². The molecule has 0 radical (unpaired) electrons. The van der Waals surface area contributed by atoms with Gasteiger partial charge in [0.15, 0.2) is 5.82 Å². The van der Waals surface area contributed by atoms with Gasteiger partial charge in [-0.2, -0.15) is 4.98 Å². The first-order chi connectivity index (χ1) is 14.5. The van der Waals surface area contributed by atoms with E-state index >= 15 is 0 Å². The van der Waals surface area contributed by atoms with Gasteiger partial charge in [-0.3, -0.25) is 4.79 Å². The molecule has 0 fully saturated rings. The molecule has 0 aliphatic carbocycles. The van der Waals surface area contributed by atoms with Crippen LogP contribution < -0.4 is 26.2 Å². The highest BCUT2D eigenvalue weighted by atomic mass is 35.5. The lowest BCUT2D eigenvalue weighted by Crippen LogP contribution is -2.24. The molecule has 0 saturated carbocycles. The topological polar surface area (TPSA) is 106 Å². The van der Waals surface area contributed by atoms with Crippen molar-refractivity contribution in [3.8, 4) is 5.88 Å². The Morgan fingerprint density at radius 3 is 3.07 bits per heavy atom. The minimum Gasteiger partial charge on any atom is -0.480 e. The zero-order valence-electron chi connectivity index (χ0n) is 16.7. The number of nitrogens with zero attached hydrogens (tertiary/aromatic N) is 4. The Morgan fingerprint density at radius 1 is 1.37 bits per heavy atom. The molecule has 156 valence electrons. The van der Waals surface area contributed by atoms with Crippen molar-refractivity contribution in [1.29, 1.82) is 0 Å². The summed E-state index contributed by atoms with van der Waals surface area (Å²) in [6.45, 7) is 1.94. The van der Waals surface area contributed by atoms with Crippen molar-refractivity contribution < 1.29 is 4.74 Å². The molecule has 0 amide bonds. The Bertz CT molecular complexity index is 1130. The fourth-order valence-electron chi connectivity index (χ4n) is 3.26. The molecular formula is C20H22ClN7O2. The summed E-state index contributed by atoms with van der Waals surface area (Å²) >= 11 is 6.25. The summed E-state index contributed by atoms with van der Waals surface area (Å²) in [5.41, 5.74) is 3.34. The number of halogens is 1. The van der Waals surface area contributed by atoms with Crippen LogP contribution in [0.2, 0.25) is 5.02 Å². The smallest absolute Gasteiger partial charge is 0.255 e. The first kappa shape index (κ1) is 20.1. The zero-order chi connectivity index (χ0) is 21.1. The van der Waals surface area contributed by atoms with Gasteiger partial charge in [-0.15, -0.1) is 0 Å². The fourth-order valence-corrected chi connectivity index (χ4v) is 3.42. The molecule has 9 nitrogen and oxygen atoms in total. The number of methoxy groups -OCH3 is 1. The monoisotopic (exact) mass is 427 g/mol. The third kappa shape index (κ3) is 4.22. The second-order valence-corrected chi connectivity index (χ2v) is 7.30. The number of hydrogen-bond acceptors (Lipinski definition) is 8. The maximum atomic E-state index is 12.2. The van der Waals surface area contributed by atoms with Crippen molar-refractivity contribution in [2.75, 3.05) is 24.3 Å². The van der Waals surface area contributed by atoms with E-state index in [0.717, 1.165) is 30.8 Å². The molecule has 3 aromatic heterocycles. The molecule has 4 heterocycles. The minimum absolute atomic E-state index is 0.0768. The fraction of sp³-hybridized carbons (Fsp3) is 0.300. The van der Waals surface area contributed by atoms with Crippen LogP contribution in [0.25, 0.3) is 0 Å². The van der Waals surface area contributed by atoms with Crippen molar-refractivity contribution in [1.82, 2.24) is 24.8 Å². The van der Waals surface area contributed by atoms with Crippen LogP contribution in [0.1, 0.15) is 16.8 Å². The number of nitrogens with one attached hydrogen (secondary N) is 3. The van der Waals surface area contributed by atoms with E-state index in [4.69, 9.17) is 16.3 Å². The average molecular weight is 428 g/mol. The lowest BCUT2D eigenvalue weighted by atomic mass is 10.1. The first-order valence-corrected chi connectivity index (χ1v) is 9.88. The van der Waals surface area contributed by atoms with Crippen molar-refractivity contribution in [2.24, 2.45) is 7.05 Å². The van der Waals surface area contributed by atoms with Crippen LogP contribution in [0.4, 0.5) is 17.5 Å². The number of pyridine rings is 2. The Hall–Kier alpha value is -3.17. The molecule has 1 aliphatic rings. The van der Waals surface area contributed by atoms with E-state index in [2.05, 4.69) is 30.9 Å². The zero-order valence-corrected chi connectivity index (χ0v) is 17.5. The number of ether oxygens (including phenoxy) is 1. The first-order valence-electron chi connectivity index (χ1n) is 9.50. The number of aryl methyl sites for hydroxylation is 1. The molecule has 0 aromatic carbocycles. The van der Waals surface area contributed by atoms with Gasteiger partial charge in [0.25, 0.3) is 5.56 Å². The van der Waals surface area contributed by atoms with Gasteiger partial charge in [0.1, 0.15) is 10.7 Å². The number of anilines is 3. The van der Waals surface area contributed by atoms with Gasteiger partial charge in [0.05, 0.1) is 19.0 Å². The predicted octanol–water partition coefficient (Wildman–Crippen LogP) is 2.23. The maximum absolute atomic E-state index is 12.2. The van der Waals surface area contributed by atoms with E-state index in [1.54, 1.807) is 26.4 Å². The maximum Gasteiger partial charge on any atom is 0.255 e. The normalized spacial score (nSPS) is 12.9. The minimum atomic E-state index is -0.0768. The van der Waals surface area contributed by atoms with E-state index in [-0.39, 0.29) is 5.56 Å². The molecule has 0 spiro atoms. The number of aromatic nitrogens is 4. The summed E-state index contributed by atoms with van der Waals surface area (Å²) in [4.78, 5) is 25.5. The van der Waals surface area contributed by atoms with Gasteiger partial charge in [0.2, 0.25) is 11.8 Å². The van der Waals surface area contributed by atoms with E-state index < -0.39 is 0 Å². The third-order valence-corrected chi connectivity index (χ3v) is 5.12. The van der Waals surface area contributed by atoms with Crippen LogP contribution in [0.5, 0.6) is 5.88 Å². The molecule has 30 heavy (non-hydrogen) atoms. The van der Waals surface area contributed by atoms with E-state index in [9.17, 15) is 4.79 Å². The molecule has 0 unspecified atom stereocenters. The highest BCUT2D eigenvalue weighted by molar-refractivity contribution is 6.32. The van der Waals surface area contributed by atoms with Gasteiger partial charge >= 0.3 is 0 Å². The van der Waals surface area contributed by atoms with Crippen molar-refractivity contribution >= 4 is 29.1 Å². The van der Waals surface area contributed by atoms with Gasteiger partial charge in [-0.25, -0.2) is 9.97 Å². The second kappa shape index (κ2) is 8.68. The summed E-state index contributed by atoms with van der Waals surface area (Å²) in [5.74, 6) is 1.25. The summed E-state index contributed by atoms with van der Waals surface area (Å²) in [6, 6.07) is 5.57. The lowest BCUT2D eigenvalue weighted by Gasteiger charge is -2.19. The summed E-state index contributed by atoms with van der Waals surface area (Å²) in [5, 5.41) is 9.95. The van der Waals surface area contributed by atoms with Crippen LogP contribution in [0, 0.1) is 0 Å². The molecule has 0 saturated heterocycles. The van der Waals surface area contributed by atoms with Gasteiger partial charge in [-0.05, 0) is 17.7 Å². The summed E-state index contributed by atoms with van der Waals surface area (Å²) in [7, 11) is 3.29.